The van der Waals surface area contributed by atoms with Gasteiger partial charge < -0.3 is 15.3 Å². The summed E-state index contributed by atoms with van der Waals surface area (Å²) >= 11 is 0. The first kappa shape index (κ1) is 15.5. The smallest absolute Gasteiger partial charge is 0.323 e. The van der Waals surface area contributed by atoms with Gasteiger partial charge in [-0.3, -0.25) is 10.1 Å². The fourth-order valence-corrected chi connectivity index (χ4v) is 1.54. The van der Waals surface area contributed by atoms with E-state index in [1.54, 1.807) is 0 Å². The molecular formula is C12H15F2NO4. The quantitative estimate of drug-likeness (QED) is 0.604. The van der Waals surface area contributed by atoms with Crippen LogP contribution in [-0.2, 0) is 4.79 Å². The average molecular weight is 275 g/mol. The topological polar surface area (TPSA) is 89.8 Å². The number of carboxylic acid groups (broad SMARTS) is 1. The predicted molar refractivity (Wildman–Crippen MR) is 62.4 cm³/mol. The van der Waals surface area contributed by atoms with Gasteiger partial charge in [-0.1, -0.05) is 6.07 Å². The van der Waals surface area contributed by atoms with Gasteiger partial charge in [-0.25, -0.2) is 8.78 Å². The molecule has 0 bridgehead atoms. The molecule has 0 aliphatic rings. The van der Waals surface area contributed by atoms with Gasteiger partial charge >= 0.3 is 5.97 Å². The fourth-order valence-electron chi connectivity index (χ4n) is 1.54. The highest BCUT2D eigenvalue weighted by Gasteiger charge is 2.23. The van der Waals surface area contributed by atoms with Crippen LogP contribution in [-0.4, -0.2) is 40.0 Å². The van der Waals surface area contributed by atoms with Gasteiger partial charge in [0, 0.05) is 6.54 Å². The molecule has 0 fully saturated rings. The van der Waals surface area contributed by atoms with Crippen LogP contribution in [0.25, 0.3) is 0 Å². The Bertz CT molecular complexity index is 453. The highest BCUT2D eigenvalue weighted by molar-refractivity contribution is 5.74. The van der Waals surface area contributed by atoms with Crippen LogP contribution in [0.3, 0.4) is 0 Å². The van der Waals surface area contributed by atoms with Crippen molar-refractivity contribution < 1.29 is 28.9 Å². The zero-order chi connectivity index (χ0) is 14.6. The lowest BCUT2D eigenvalue weighted by atomic mass is 10.1. The van der Waals surface area contributed by atoms with E-state index in [9.17, 15) is 23.8 Å². The van der Waals surface area contributed by atoms with Gasteiger partial charge in [-0.2, -0.15) is 0 Å². The highest BCUT2D eigenvalue weighted by Crippen LogP contribution is 2.15. The second kappa shape index (κ2) is 6.55. The largest absolute Gasteiger partial charge is 0.480 e. The Morgan fingerprint density at radius 2 is 1.95 bits per heavy atom. The summed E-state index contributed by atoms with van der Waals surface area (Å²) in [6, 6.07) is 1.65. The summed E-state index contributed by atoms with van der Waals surface area (Å²) in [7, 11) is 0. The molecule has 5 nitrogen and oxygen atoms in total. The molecule has 0 saturated carbocycles. The van der Waals surface area contributed by atoms with Crippen LogP contribution in [0.15, 0.2) is 18.2 Å². The molecule has 1 aromatic rings. The zero-order valence-electron chi connectivity index (χ0n) is 10.2. The van der Waals surface area contributed by atoms with Crippen molar-refractivity contribution in [1.82, 2.24) is 5.32 Å². The van der Waals surface area contributed by atoms with E-state index in [1.165, 1.54) is 13.0 Å². The summed E-state index contributed by atoms with van der Waals surface area (Å²) < 4.78 is 25.7. The van der Waals surface area contributed by atoms with Crippen LogP contribution in [0, 0.1) is 11.6 Å². The van der Waals surface area contributed by atoms with Crippen molar-refractivity contribution in [2.45, 2.75) is 25.2 Å². The number of nitrogens with one attached hydrogen (secondary N) is 1. The first-order valence-electron chi connectivity index (χ1n) is 5.60. The van der Waals surface area contributed by atoms with Crippen LogP contribution < -0.4 is 5.32 Å². The molecule has 0 aliphatic heterocycles. The Morgan fingerprint density at radius 1 is 1.32 bits per heavy atom. The van der Waals surface area contributed by atoms with Gasteiger partial charge in [0.2, 0.25) is 0 Å². The first-order valence-corrected chi connectivity index (χ1v) is 5.60. The van der Waals surface area contributed by atoms with Crippen LogP contribution in [0.1, 0.15) is 18.6 Å². The van der Waals surface area contributed by atoms with Crippen molar-refractivity contribution in [1.29, 1.82) is 0 Å². The van der Waals surface area contributed by atoms with Crippen LogP contribution >= 0.6 is 0 Å². The predicted octanol–water partition coefficient (Wildman–Crippen LogP) is 0.422. The Morgan fingerprint density at radius 3 is 2.42 bits per heavy atom. The molecule has 4 N–H and O–H groups in total. The van der Waals surface area contributed by atoms with Crippen molar-refractivity contribution in [3.05, 3.63) is 35.4 Å². The molecule has 3 atom stereocenters. The molecule has 19 heavy (non-hydrogen) atoms. The fraction of sp³-hybridized carbons (Fsp3) is 0.417. The van der Waals surface area contributed by atoms with Crippen molar-refractivity contribution in [2.24, 2.45) is 0 Å². The maximum atomic E-state index is 13.0. The number of aliphatic hydroxyl groups excluding tert-OH is 2. The molecule has 106 valence electrons. The number of rotatable bonds is 6. The summed E-state index contributed by atoms with van der Waals surface area (Å²) in [5, 5.41) is 30.2. The number of benzene rings is 1. The minimum Gasteiger partial charge on any atom is -0.480 e. The molecule has 0 spiro atoms. The summed E-state index contributed by atoms with van der Waals surface area (Å²) in [5.74, 6) is -3.40. The standard InChI is InChI=1S/C12H15F2NO4/c1-6(16)11(12(18)19)15-5-10(17)7-2-3-8(13)9(14)4-7/h2-4,6,10-11,15-17H,5H2,1H3,(H,18,19). The number of carboxylic acids is 1. The molecule has 0 saturated heterocycles. The monoisotopic (exact) mass is 275 g/mol. The van der Waals surface area contributed by atoms with Gasteiger partial charge in [0.15, 0.2) is 11.6 Å². The number of carbonyl (C=O) groups is 1. The zero-order valence-corrected chi connectivity index (χ0v) is 10.2. The van der Waals surface area contributed by atoms with E-state index < -0.39 is 35.9 Å². The Kier molecular flexibility index (Phi) is 5.34. The SMILES string of the molecule is CC(O)C(NCC(O)c1ccc(F)c(F)c1)C(=O)O. The summed E-state index contributed by atoms with van der Waals surface area (Å²) in [4.78, 5) is 10.8. The van der Waals surface area contributed by atoms with Crippen molar-refractivity contribution in [2.75, 3.05) is 6.54 Å². The molecule has 0 heterocycles. The van der Waals surface area contributed by atoms with E-state index in [1.807, 2.05) is 0 Å². The number of aliphatic hydroxyl groups is 2. The summed E-state index contributed by atoms with van der Waals surface area (Å²) in [5.41, 5.74) is 0.112. The van der Waals surface area contributed by atoms with Gasteiger partial charge in [0.25, 0.3) is 0 Å². The van der Waals surface area contributed by atoms with Crippen LogP contribution in [0.4, 0.5) is 8.78 Å². The van der Waals surface area contributed by atoms with Crippen molar-refractivity contribution in [3.8, 4) is 0 Å². The number of halogens is 2. The van der Waals surface area contributed by atoms with Crippen LogP contribution in [0.2, 0.25) is 0 Å². The first-order chi connectivity index (χ1) is 8.82. The van der Waals surface area contributed by atoms with E-state index >= 15 is 0 Å². The second-order valence-corrected chi connectivity index (χ2v) is 4.15. The van der Waals surface area contributed by atoms with E-state index in [0.717, 1.165) is 12.1 Å². The van der Waals surface area contributed by atoms with Gasteiger partial charge in [0.05, 0.1) is 12.2 Å². The molecule has 0 aliphatic carbocycles. The Hall–Kier alpha value is -1.57. The third kappa shape index (κ3) is 4.23. The molecule has 1 rings (SSSR count). The lowest BCUT2D eigenvalue weighted by molar-refractivity contribution is -0.142. The van der Waals surface area contributed by atoms with E-state index in [4.69, 9.17) is 5.11 Å². The normalized spacial score (nSPS) is 15.8. The number of hydrogen-bond acceptors (Lipinski definition) is 4. The van der Waals surface area contributed by atoms with Crippen molar-refractivity contribution in [3.63, 3.8) is 0 Å². The van der Waals surface area contributed by atoms with E-state index in [-0.39, 0.29) is 12.1 Å². The molecular weight excluding hydrogens is 260 g/mol. The third-order valence-electron chi connectivity index (χ3n) is 2.61. The van der Waals surface area contributed by atoms with Crippen LogP contribution in [0.5, 0.6) is 0 Å². The maximum absolute atomic E-state index is 13.0. The van der Waals surface area contributed by atoms with Gasteiger partial charge in [0.1, 0.15) is 6.04 Å². The molecule has 0 aromatic heterocycles. The molecule has 0 radical (unpaired) electrons. The third-order valence-corrected chi connectivity index (χ3v) is 2.61. The van der Waals surface area contributed by atoms with Crippen molar-refractivity contribution >= 4 is 5.97 Å². The van der Waals surface area contributed by atoms with Gasteiger partial charge in [-0.15, -0.1) is 0 Å². The average Bonchev–Trinajstić information content (AvgIpc) is 2.31. The highest BCUT2D eigenvalue weighted by atomic mass is 19.2. The lowest BCUT2D eigenvalue weighted by Gasteiger charge is -2.19. The molecule has 0 amide bonds. The number of aliphatic carboxylic acids is 1. The molecule has 7 heteroatoms. The summed E-state index contributed by atoms with van der Waals surface area (Å²) in [6.07, 6.45) is -2.37. The maximum Gasteiger partial charge on any atom is 0.323 e. The summed E-state index contributed by atoms with van der Waals surface area (Å²) in [6.45, 7) is 1.07. The van der Waals surface area contributed by atoms with E-state index in [2.05, 4.69) is 5.32 Å². The Balaban J connectivity index is 2.66. The molecule has 3 unspecified atom stereocenters. The minimum atomic E-state index is -1.27. The minimum absolute atomic E-state index is 0.112. The Labute approximate surface area is 108 Å². The lowest BCUT2D eigenvalue weighted by Crippen LogP contribution is -2.46. The van der Waals surface area contributed by atoms with Gasteiger partial charge in [-0.05, 0) is 24.6 Å². The van der Waals surface area contributed by atoms with E-state index in [0.29, 0.717) is 0 Å². The number of hydrogen-bond donors (Lipinski definition) is 4. The second-order valence-electron chi connectivity index (χ2n) is 4.15. The molecule has 1 aromatic carbocycles.